The third-order valence-corrected chi connectivity index (χ3v) is 2.25. The Labute approximate surface area is 99.8 Å². The predicted octanol–water partition coefficient (Wildman–Crippen LogP) is -0.0277. The van der Waals surface area contributed by atoms with Gasteiger partial charge < -0.3 is 15.7 Å². The molecule has 0 unspecified atom stereocenters. The van der Waals surface area contributed by atoms with Crippen molar-refractivity contribution in [3.8, 4) is 0 Å². The number of rotatable bonds is 4. The minimum atomic E-state index is -0.734. The Hall–Kier alpha value is -1.88. The lowest BCUT2D eigenvalue weighted by molar-refractivity contribution is -0.139. The van der Waals surface area contributed by atoms with E-state index in [0.29, 0.717) is 0 Å². The number of amides is 2. The maximum atomic E-state index is 11.4. The van der Waals surface area contributed by atoms with E-state index in [0.717, 1.165) is 5.56 Å². The molecule has 92 valence electrons. The Bertz CT molecular complexity index is 379. The minimum absolute atomic E-state index is 0.0754. The summed E-state index contributed by atoms with van der Waals surface area (Å²) in [5.74, 6) is -1.43. The predicted molar refractivity (Wildman–Crippen MR) is 63.1 cm³/mol. The molecule has 3 N–H and O–H groups in total. The molecular formula is C12H16N2O3. The maximum absolute atomic E-state index is 11.4. The normalized spacial score (nSPS) is 11.6. The quantitative estimate of drug-likeness (QED) is 0.642. The molecule has 0 spiro atoms. The third kappa shape index (κ3) is 4.24. The van der Waals surface area contributed by atoms with Crippen LogP contribution in [0, 0.1) is 0 Å². The summed E-state index contributed by atoms with van der Waals surface area (Å²) in [7, 11) is 0. The van der Waals surface area contributed by atoms with Crippen molar-refractivity contribution in [3.05, 3.63) is 35.9 Å². The summed E-state index contributed by atoms with van der Waals surface area (Å²) in [6.45, 7) is 1.69. The molecule has 0 saturated heterocycles. The van der Waals surface area contributed by atoms with Crippen molar-refractivity contribution in [2.24, 2.45) is 0 Å². The Kier molecular flexibility index (Phi) is 5.16. The van der Waals surface area contributed by atoms with E-state index in [1.807, 2.05) is 30.3 Å². The summed E-state index contributed by atoms with van der Waals surface area (Å²) in [5, 5.41) is 13.4. The Balaban J connectivity index is 2.49. The molecule has 2 amide bonds. The minimum Gasteiger partial charge on any atom is -0.395 e. The highest BCUT2D eigenvalue weighted by atomic mass is 16.3. The number of hydrogen-bond acceptors (Lipinski definition) is 3. The van der Waals surface area contributed by atoms with Gasteiger partial charge in [-0.15, -0.1) is 0 Å². The second-order valence-corrected chi connectivity index (χ2v) is 3.59. The van der Waals surface area contributed by atoms with Crippen molar-refractivity contribution < 1.29 is 14.7 Å². The van der Waals surface area contributed by atoms with Gasteiger partial charge in [-0.1, -0.05) is 30.3 Å². The van der Waals surface area contributed by atoms with Crippen LogP contribution in [0.5, 0.6) is 0 Å². The van der Waals surface area contributed by atoms with Gasteiger partial charge in [-0.2, -0.15) is 0 Å². The molecule has 0 aromatic heterocycles. The molecule has 0 aliphatic rings. The van der Waals surface area contributed by atoms with Gasteiger partial charge in [0, 0.05) is 6.54 Å². The van der Waals surface area contributed by atoms with E-state index in [1.54, 1.807) is 6.92 Å². The highest BCUT2D eigenvalue weighted by Crippen LogP contribution is 2.10. The fourth-order valence-electron chi connectivity index (χ4n) is 1.34. The number of benzene rings is 1. The topological polar surface area (TPSA) is 78.4 Å². The largest absolute Gasteiger partial charge is 0.395 e. The van der Waals surface area contributed by atoms with Crippen LogP contribution in [0.25, 0.3) is 0 Å². The van der Waals surface area contributed by atoms with Crippen molar-refractivity contribution >= 4 is 11.8 Å². The van der Waals surface area contributed by atoms with Gasteiger partial charge in [0.2, 0.25) is 0 Å². The molecule has 0 bridgehead atoms. The van der Waals surface area contributed by atoms with Crippen molar-refractivity contribution in [2.75, 3.05) is 13.2 Å². The zero-order valence-corrected chi connectivity index (χ0v) is 9.64. The maximum Gasteiger partial charge on any atom is 0.309 e. The molecule has 1 aromatic carbocycles. The monoisotopic (exact) mass is 236 g/mol. The summed E-state index contributed by atoms with van der Waals surface area (Å²) >= 11 is 0. The van der Waals surface area contributed by atoms with Crippen LogP contribution in [0.3, 0.4) is 0 Å². The van der Waals surface area contributed by atoms with Crippen molar-refractivity contribution in [1.82, 2.24) is 10.6 Å². The van der Waals surface area contributed by atoms with E-state index in [9.17, 15) is 9.59 Å². The van der Waals surface area contributed by atoms with E-state index in [-0.39, 0.29) is 19.2 Å². The number of aliphatic hydroxyl groups excluding tert-OH is 1. The van der Waals surface area contributed by atoms with Crippen molar-refractivity contribution in [1.29, 1.82) is 0 Å². The Morgan fingerprint density at radius 1 is 1.24 bits per heavy atom. The summed E-state index contributed by atoms with van der Waals surface area (Å²) in [6, 6.07) is 9.12. The summed E-state index contributed by atoms with van der Waals surface area (Å²) in [6.07, 6.45) is 0. The number of carbonyl (C=O) groups is 2. The Morgan fingerprint density at radius 3 is 2.47 bits per heavy atom. The molecule has 0 aliphatic carbocycles. The van der Waals surface area contributed by atoms with Gasteiger partial charge in [0.1, 0.15) is 0 Å². The van der Waals surface area contributed by atoms with Crippen LogP contribution in [0.4, 0.5) is 0 Å². The van der Waals surface area contributed by atoms with Crippen LogP contribution in [0.2, 0.25) is 0 Å². The molecule has 1 aromatic rings. The zero-order chi connectivity index (χ0) is 12.7. The van der Waals surface area contributed by atoms with Crippen LogP contribution in [0.1, 0.15) is 18.5 Å². The van der Waals surface area contributed by atoms with Crippen molar-refractivity contribution in [3.63, 3.8) is 0 Å². The van der Waals surface area contributed by atoms with Gasteiger partial charge in [-0.25, -0.2) is 0 Å². The smallest absolute Gasteiger partial charge is 0.309 e. The lowest BCUT2D eigenvalue weighted by atomic mass is 10.1. The van der Waals surface area contributed by atoms with Gasteiger partial charge in [0.15, 0.2) is 0 Å². The lowest BCUT2D eigenvalue weighted by Gasteiger charge is -2.13. The third-order valence-electron chi connectivity index (χ3n) is 2.25. The molecule has 1 atom stereocenters. The number of hydrogen-bond donors (Lipinski definition) is 3. The average Bonchev–Trinajstić information content (AvgIpc) is 2.36. The second kappa shape index (κ2) is 6.65. The van der Waals surface area contributed by atoms with Crippen LogP contribution < -0.4 is 10.6 Å². The van der Waals surface area contributed by atoms with Crippen LogP contribution >= 0.6 is 0 Å². The summed E-state index contributed by atoms with van der Waals surface area (Å²) in [5.41, 5.74) is 0.927. The zero-order valence-electron chi connectivity index (χ0n) is 9.64. The van der Waals surface area contributed by atoms with Crippen LogP contribution in [0.15, 0.2) is 30.3 Å². The molecule has 0 heterocycles. The van der Waals surface area contributed by atoms with E-state index in [1.165, 1.54) is 0 Å². The highest BCUT2D eigenvalue weighted by molar-refractivity contribution is 6.35. The summed E-state index contributed by atoms with van der Waals surface area (Å²) < 4.78 is 0. The van der Waals surface area contributed by atoms with Gasteiger partial charge in [0.25, 0.3) is 0 Å². The van der Waals surface area contributed by atoms with E-state index in [2.05, 4.69) is 10.6 Å². The van der Waals surface area contributed by atoms with Crippen molar-refractivity contribution in [2.45, 2.75) is 13.0 Å². The number of nitrogens with one attached hydrogen (secondary N) is 2. The summed E-state index contributed by atoms with van der Waals surface area (Å²) in [4.78, 5) is 22.7. The molecule has 17 heavy (non-hydrogen) atoms. The second-order valence-electron chi connectivity index (χ2n) is 3.59. The average molecular weight is 236 g/mol. The van der Waals surface area contributed by atoms with Gasteiger partial charge in [-0.05, 0) is 12.5 Å². The molecule has 0 fully saturated rings. The fraction of sp³-hybridized carbons (Fsp3) is 0.333. The Morgan fingerprint density at radius 2 is 1.88 bits per heavy atom. The molecule has 1 rings (SSSR count). The fourth-order valence-corrected chi connectivity index (χ4v) is 1.34. The molecule has 0 radical (unpaired) electrons. The first kappa shape index (κ1) is 13.2. The lowest BCUT2D eigenvalue weighted by Crippen LogP contribution is -2.41. The molecule has 0 aliphatic heterocycles. The molecular weight excluding hydrogens is 220 g/mol. The van der Waals surface area contributed by atoms with Gasteiger partial charge in [-0.3, -0.25) is 9.59 Å². The number of aliphatic hydroxyl groups is 1. The first-order chi connectivity index (χ1) is 8.15. The van der Waals surface area contributed by atoms with E-state index >= 15 is 0 Å². The number of carbonyl (C=O) groups excluding carboxylic acids is 2. The SMILES string of the molecule is C[C@@H](NC(=O)C(=O)NCCO)c1ccccc1. The molecule has 0 saturated carbocycles. The first-order valence-electron chi connectivity index (χ1n) is 5.39. The van der Waals surface area contributed by atoms with Crippen LogP contribution in [-0.4, -0.2) is 30.1 Å². The standard InChI is InChI=1S/C12H16N2O3/c1-9(10-5-3-2-4-6-10)14-12(17)11(16)13-7-8-15/h2-6,9,15H,7-8H2,1H3,(H,13,16)(H,14,17)/t9-/m1/s1. The van der Waals surface area contributed by atoms with E-state index < -0.39 is 11.8 Å². The molecule has 5 heteroatoms. The van der Waals surface area contributed by atoms with Gasteiger partial charge in [0.05, 0.1) is 12.6 Å². The highest BCUT2D eigenvalue weighted by Gasteiger charge is 2.15. The van der Waals surface area contributed by atoms with Crippen LogP contribution in [-0.2, 0) is 9.59 Å². The van der Waals surface area contributed by atoms with Gasteiger partial charge >= 0.3 is 11.8 Å². The van der Waals surface area contributed by atoms with E-state index in [4.69, 9.17) is 5.11 Å². The molecule has 5 nitrogen and oxygen atoms in total. The first-order valence-corrected chi connectivity index (χ1v) is 5.39.